The second-order valence-electron chi connectivity index (χ2n) is 5.53. The molecular formula is C15H13ClF3N3O. The van der Waals surface area contributed by atoms with Crippen LogP contribution in [0, 0.1) is 0 Å². The highest BCUT2D eigenvalue weighted by Crippen LogP contribution is 2.37. The zero-order valence-corrected chi connectivity index (χ0v) is 12.7. The Kier molecular flexibility index (Phi) is 3.93. The smallest absolute Gasteiger partial charge is 0.335 e. The van der Waals surface area contributed by atoms with Crippen LogP contribution < -0.4 is 5.73 Å². The van der Waals surface area contributed by atoms with Gasteiger partial charge in [0.15, 0.2) is 5.82 Å². The summed E-state index contributed by atoms with van der Waals surface area (Å²) in [6.45, 7) is 0. The van der Waals surface area contributed by atoms with Crippen molar-refractivity contribution in [3.05, 3.63) is 46.1 Å². The topological polar surface area (TPSA) is 64.9 Å². The van der Waals surface area contributed by atoms with E-state index in [-0.39, 0.29) is 16.5 Å². The second-order valence-corrected chi connectivity index (χ2v) is 5.94. The van der Waals surface area contributed by atoms with Gasteiger partial charge < -0.3 is 10.3 Å². The van der Waals surface area contributed by atoms with Gasteiger partial charge in [-0.3, -0.25) is 0 Å². The van der Waals surface area contributed by atoms with Gasteiger partial charge in [-0.15, -0.1) is 0 Å². The zero-order valence-electron chi connectivity index (χ0n) is 11.9. The number of hydrogen-bond acceptors (Lipinski definition) is 4. The van der Waals surface area contributed by atoms with Crippen molar-refractivity contribution in [1.29, 1.82) is 0 Å². The van der Waals surface area contributed by atoms with Gasteiger partial charge in [-0.25, -0.2) is 0 Å². The number of alkyl halides is 3. The van der Waals surface area contributed by atoms with Crippen molar-refractivity contribution in [3.8, 4) is 0 Å². The minimum absolute atomic E-state index is 0.171. The molecule has 3 rings (SSSR count). The van der Waals surface area contributed by atoms with Gasteiger partial charge in [0.1, 0.15) is 0 Å². The molecule has 0 radical (unpaired) electrons. The Balaban J connectivity index is 1.83. The lowest BCUT2D eigenvalue weighted by atomic mass is 9.77. The number of aromatic nitrogens is 2. The molecule has 2 aromatic rings. The molecule has 1 aromatic carbocycles. The van der Waals surface area contributed by atoms with E-state index in [9.17, 15) is 13.2 Å². The maximum Gasteiger partial charge on any atom is 0.416 e. The highest BCUT2D eigenvalue weighted by molar-refractivity contribution is 6.32. The van der Waals surface area contributed by atoms with Crippen molar-refractivity contribution in [1.82, 2.24) is 10.1 Å². The molecule has 0 saturated heterocycles. The van der Waals surface area contributed by atoms with Crippen molar-refractivity contribution in [2.24, 2.45) is 5.73 Å². The highest BCUT2D eigenvalue weighted by atomic mass is 35.5. The van der Waals surface area contributed by atoms with E-state index in [1.165, 1.54) is 18.2 Å². The van der Waals surface area contributed by atoms with Gasteiger partial charge in [0.05, 0.1) is 11.1 Å². The van der Waals surface area contributed by atoms with Crippen LogP contribution >= 0.6 is 11.6 Å². The summed E-state index contributed by atoms with van der Waals surface area (Å²) in [5.41, 5.74) is 4.97. The summed E-state index contributed by atoms with van der Waals surface area (Å²) in [4.78, 5) is 4.17. The summed E-state index contributed by atoms with van der Waals surface area (Å²) in [5.74, 6) is 0.587. The van der Waals surface area contributed by atoms with Crippen molar-refractivity contribution in [3.63, 3.8) is 0 Å². The van der Waals surface area contributed by atoms with Gasteiger partial charge in [-0.2, -0.15) is 18.2 Å². The van der Waals surface area contributed by atoms with E-state index in [0.29, 0.717) is 5.82 Å². The maximum atomic E-state index is 12.7. The minimum atomic E-state index is -4.43. The Morgan fingerprint density at radius 3 is 2.61 bits per heavy atom. The highest BCUT2D eigenvalue weighted by Gasteiger charge is 2.38. The lowest BCUT2D eigenvalue weighted by Crippen LogP contribution is -2.44. The normalized spacial score (nSPS) is 17.4. The summed E-state index contributed by atoms with van der Waals surface area (Å²) < 4.78 is 43.2. The summed E-state index contributed by atoms with van der Waals surface area (Å²) in [7, 11) is 0. The number of nitrogens with zero attached hydrogens (tertiary/aromatic N) is 2. The molecule has 4 nitrogen and oxygen atoms in total. The van der Waals surface area contributed by atoms with Crippen molar-refractivity contribution >= 4 is 23.8 Å². The van der Waals surface area contributed by atoms with Gasteiger partial charge in [0.25, 0.3) is 5.89 Å². The lowest BCUT2D eigenvalue weighted by molar-refractivity contribution is -0.137. The summed E-state index contributed by atoms with van der Waals surface area (Å²) in [5, 5.41) is 4.02. The molecule has 1 saturated carbocycles. The fraction of sp³-hybridized carbons (Fsp3) is 0.333. The summed E-state index contributed by atoms with van der Waals surface area (Å²) in [6.07, 6.45) is 0.972. The Morgan fingerprint density at radius 2 is 2.00 bits per heavy atom. The first kappa shape index (κ1) is 16.0. The van der Waals surface area contributed by atoms with Crippen LogP contribution in [0.2, 0.25) is 5.02 Å². The average Bonchev–Trinajstić information content (AvgIpc) is 2.92. The Bertz CT molecular complexity index is 751. The van der Waals surface area contributed by atoms with Gasteiger partial charge in [-0.05, 0) is 49.1 Å². The van der Waals surface area contributed by atoms with E-state index in [4.69, 9.17) is 21.9 Å². The van der Waals surface area contributed by atoms with Gasteiger partial charge >= 0.3 is 6.18 Å². The van der Waals surface area contributed by atoms with Crippen LogP contribution in [0.25, 0.3) is 12.2 Å². The predicted octanol–water partition coefficient (Wildman–Crippen LogP) is 4.25. The molecule has 1 aliphatic carbocycles. The Morgan fingerprint density at radius 1 is 1.26 bits per heavy atom. The molecular weight excluding hydrogens is 331 g/mol. The SMILES string of the molecule is NC1(c2noc(/C=C/c3cc(C(F)(F)F)ccc3Cl)n2)CCC1. The molecule has 1 heterocycles. The summed E-state index contributed by atoms with van der Waals surface area (Å²) >= 11 is 5.92. The quantitative estimate of drug-likeness (QED) is 0.904. The molecule has 0 amide bonds. The first-order valence-corrected chi connectivity index (χ1v) is 7.34. The van der Waals surface area contributed by atoms with Crippen molar-refractivity contribution < 1.29 is 17.7 Å². The molecule has 0 unspecified atom stereocenters. The molecule has 0 spiro atoms. The molecule has 122 valence electrons. The fourth-order valence-electron chi connectivity index (χ4n) is 2.30. The third-order valence-corrected chi connectivity index (χ3v) is 4.21. The molecule has 1 fully saturated rings. The minimum Gasteiger partial charge on any atom is -0.335 e. The van der Waals surface area contributed by atoms with Crippen LogP contribution in [0.5, 0.6) is 0 Å². The molecule has 1 aromatic heterocycles. The molecule has 8 heteroatoms. The van der Waals surface area contributed by atoms with Crippen LogP contribution in [0.3, 0.4) is 0 Å². The van der Waals surface area contributed by atoms with Crippen LogP contribution in [0.15, 0.2) is 22.7 Å². The van der Waals surface area contributed by atoms with Crippen molar-refractivity contribution in [2.75, 3.05) is 0 Å². The van der Waals surface area contributed by atoms with Crippen LogP contribution in [0.4, 0.5) is 13.2 Å². The fourth-order valence-corrected chi connectivity index (χ4v) is 2.48. The molecule has 2 N–H and O–H groups in total. The number of nitrogens with two attached hydrogens (primary N) is 1. The van der Waals surface area contributed by atoms with Crippen LogP contribution in [-0.2, 0) is 11.7 Å². The Labute approximate surface area is 135 Å². The molecule has 0 aliphatic heterocycles. The number of halogens is 4. The largest absolute Gasteiger partial charge is 0.416 e. The van der Waals surface area contributed by atoms with Gasteiger partial charge in [0, 0.05) is 11.1 Å². The van der Waals surface area contributed by atoms with E-state index in [1.54, 1.807) is 0 Å². The van der Waals surface area contributed by atoms with Crippen molar-refractivity contribution in [2.45, 2.75) is 31.0 Å². The van der Waals surface area contributed by atoms with Gasteiger partial charge in [-0.1, -0.05) is 16.8 Å². The molecule has 0 bridgehead atoms. The van der Waals surface area contributed by atoms with Crippen LogP contribution in [-0.4, -0.2) is 10.1 Å². The Hall–Kier alpha value is -1.86. The maximum absolute atomic E-state index is 12.7. The first-order valence-electron chi connectivity index (χ1n) is 6.96. The number of hydrogen-bond donors (Lipinski definition) is 1. The predicted molar refractivity (Wildman–Crippen MR) is 79.4 cm³/mol. The van der Waals surface area contributed by atoms with E-state index in [0.717, 1.165) is 31.4 Å². The second kappa shape index (κ2) is 5.65. The van der Waals surface area contributed by atoms with E-state index < -0.39 is 17.3 Å². The monoisotopic (exact) mass is 343 g/mol. The third kappa shape index (κ3) is 3.25. The molecule has 23 heavy (non-hydrogen) atoms. The first-order chi connectivity index (χ1) is 10.8. The van der Waals surface area contributed by atoms with E-state index >= 15 is 0 Å². The van der Waals surface area contributed by atoms with Gasteiger partial charge in [0.2, 0.25) is 0 Å². The average molecular weight is 344 g/mol. The molecule has 1 aliphatic rings. The summed E-state index contributed by atoms with van der Waals surface area (Å²) in [6, 6.07) is 3.10. The van der Waals surface area contributed by atoms with E-state index in [2.05, 4.69) is 10.1 Å². The lowest BCUT2D eigenvalue weighted by Gasteiger charge is -2.34. The standard InChI is InChI=1S/C15H13ClF3N3O/c16-11-4-3-10(15(17,18)19)8-9(11)2-5-12-21-13(22-23-12)14(20)6-1-7-14/h2-5,8H,1,6-7,20H2/b5-2+. The molecule has 0 atom stereocenters. The number of rotatable bonds is 3. The van der Waals surface area contributed by atoms with Crippen LogP contribution in [0.1, 0.15) is 42.1 Å². The zero-order chi connectivity index (χ0) is 16.7. The van der Waals surface area contributed by atoms with E-state index in [1.807, 2.05) is 0 Å². The third-order valence-electron chi connectivity index (χ3n) is 3.86. The number of benzene rings is 1.